The summed E-state index contributed by atoms with van der Waals surface area (Å²) >= 11 is 11.3. The number of anilines is 2. The van der Waals surface area contributed by atoms with Crippen LogP contribution in [0.15, 0.2) is 24.4 Å². The van der Waals surface area contributed by atoms with Crippen LogP contribution in [0.5, 0.6) is 0 Å². The van der Waals surface area contributed by atoms with E-state index in [4.69, 9.17) is 23.2 Å². The second-order valence-corrected chi connectivity index (χ2v) is 3.83. The Balaban J connectivity index is 2.37. The molecule has 0 radical (unpaired) electrons. The molecule has 17 heavy (non-hydrogen) atoms. The van der Waals surface area contributed by atoms with Gasteiger partial charge in [-0.3, -0.25) is 0 Å². The van der Waals surface area contributed by atoms with E-state index < -0.39 is 11.6 Å². The van der Waals surface area contributed by atoms with Crippen molar-refractivity contribution in [3.63, 3.8) is 0 Å². The number of aromatic nitrogens is 2. The molecule has 0 saturated carbocycles. The Morgan fingerprint density at radius 1 is 1.18 bits per heavy atom. The summed E-state index contributed by atoms with van der Waals surface area (Å²) in [6.07, 6.45) is 1.26. The zero-order valence-electron chi connectivity index (χ0n) is 8.22. The quantitative estimate of drug-likeness (QED) is 0.847. The molecule has 0 aliphatic rings. The molecule has 7 heteroatoms. The average Bonchev–Trinajstić information content (AvgIpc) is 2.28. The van der Waals surface area contributed by atoms with Crippen LogP contribution in [0.4, 0.5) is 20.3 Å². The van der Waals surface area contributed by atoms with Crippen LogP contribution in [-0.2, 0) is 0 Å². The maximum Gasteiger partial charge on any atom is 0.224 e. The lowest BCUT2D eigenvalue weighted by Gasteiger charge is -2.08. The third-order valence-electron chi connectivity index (χ3n) is 1.90. The minimum Gasteiger partial charge on any atom is -0.336 e. The molecular formula is C10H5Cl2F2N3. The van der Waals surface area contributed by atoms with Crippen molar-refractivity contribution in [2.24, 2.45) is 0 Å². The van der Waals surface area contributed by atoms with Crippen molar-refractivity contribution in [1.82, 2.24) is 9.97 Å². The summed E-state index contributed by atoms with van der Waals surface area (Å²) in [4.78, 5) is 7.40. The molecule has 0 unspecified atom stereocenters. The number of benzene rings is 1. The van der Waals surface area contributed by atoms with E-state index in [9.17, 15) is 8.78 Å². The van der Waals surface area contributed by atoms with Gasteiger partial charge in [0.15, 0.2) is 5.82 Å². The van der Waals surface area contributed by atoms with Crippen molar-refractivity contribution < 1.29 is 8.78 Å². The molecule has 0 aliphatic carbocycles. The van der Waals surface area contributed by atoms with Crippen molar-refractivity contribution in [2.75, 3.05) is 5.32 Å². The minimum absolute atomic E-state index is 0.0475. The first kappa shape index (κ1) is 12.0. The van der Waals surface area contributed by atoms with Gasteiger partial charge in [0.25, 0.3) is 0 Å². The zero-order chi connectivity index (χ0) is 12.4. The van der Waals surface area contributed by atoms with Crippen LogP contribution in [0.25, 0.3) is 0 Å². The zero-order valence-corrected chi connectivity index (χ0v) is 9.73. The number of halogens is 4. The Kier molecular flexibility index (Phi) is 3.40. The molecule has 2 rings (SSSR count). The van der Waals surface area contributed by atoms with Gasteiger partial charge >= 0.3 is 0 Å². The van der Waals surface area contributed by atoms with Crippen LogP contribution in [0.3, 0.4) is 0 Å². The monoisotopic (exact) mass is 275 g/mol. The van der Waals surface area contributed by atoms with Gasteiger partial charge in [-0.2, -0.15) is 4.98 Å². The topological polar surface area (TPSA) is 37.8 Å². The fourth-order valence-corrected chi connectivity index (χ4v) is 1.43. The summed E-state index contributed by atoms with van der Waals surface area (Å²) in [6, 6.07) is 2.99. The third kappa shape index (κ3) is 2.81. The molecule has 3 nitrogen and oxygen atoms in total. The number of hydrogen-bond donors (Lipinski definition) is 1. The molecule has 0 atom stereocenters. The molecule has 0 bridgehead atoms. The molecule has 1 N–H and O–H groups in total. The van der Waals surface area contributed by atoms with Crippen molar-refractivity contribution in [3.8, 4) is 0 Å². The van der Waals surface area contributed by atoms with E-state index in [0.717, 1.165) is 18.2 Å². The lowest BCUT2D eigenvalue weighted by molar-refractivity contribution is 0.603. The van der Waals surface area contributed by atoms with E-state index >= 15 is 0 Å². The van der Waals surface area contributed by atoms with E-state index in [-0.39, 0.29) is 21.8 Å². The highest BCUT2D eigenvalue weighted by Crippen LogP contribution is 2.25. The average molecular weight is 276 g/mol. The molecule has 0 fully saturated rings. The number of nitrogens with one attached hydrogen (secondary N) is 1. The standard InChI is InChI=1S/C10H5Cl2F2N3/c11-6-4-15-10(12)17-9(6)16-8-3-5(13)1-2-7(8)14/h1-4H,(H,15,16,17). The summed E-state index contributed by atoms with van der Waals surface area (Å²) < 4.78 is 26.3. The van der Waals surface area contributed by atoms with Crippen LogP contribution in [0, 0.1) is 11.6 Å². The van der Waals surface area contributed by atoms with Gasteiger partial charge in [0, 0.05) is 6.07 Å². The number of hydrogen-bond acceptors (Lipinski definition) is 3. The van der Waals surface area contributed by atoms with E-state index in [1.165, 1.54) is 6.20 Å². The highest BCUT2D eigenvalue weighted by Gasteiger charge is 2.08. The van der Waals surface area contributed by atoms with Gasteiger partial charge in [0.05, 0.1) is 11.9 Å². The Morgan fingerprint density at radius 2 is 1.94 bits per heavy atom. The molecule has 88 valence electrons. The normalized spacial score (nSPS) is 10.4. The molecular weight excluding hydrogens is 271 g/mol. The van der Waals surface area contributed by atoms with Crippen LogP contribution in [-0.4, -0.2) is 9.97 Å². The molecule has 0 spiro atoms. The van der Waals surface area contributed by atoms with Gasteiger partial charge in [0.2, 0.25) is 5.28 Å². The molecule has 0 saturated heterocycles. The van der Waals surface area contributed by atoms with Crippen LogP contribution < -0.4 is 5.32 Å². The smallest absolute Gasteiger partial charge is 0.224 e. The van der Waals surface area contributed by atoms with Gasteiger partial charge in [-0.1, -0.05) is 11.6 Å². The van der Waals surface area contributed by atoms with E-state index in [1.54, 1.807) is 0 Å². The van der Waals surface area contributed by atoms with Crippen LogP contribution >= 0.6 is 23.2 Å². The molecule has 1 aromatic heterocycles. The van der Waals surface area contributed by atoms with E-state index in [0.29, 0.717) is 0 Å². The predicted molar refractivity (Wildman–Crippen MR) is 61.7 cm³/mol. The second kappa shape index (κ2) is 4.81. The Morgan fingerprint density at radius 3 is 2.71 bits per heavy atom. The maximum atomic E-state index is 13.3. The molecule has 1 aromatic carbocycles. The summed E-state index contributed by atoms with van der Waals surface area (Å²) in [5.74, 6) is -1.10. The Bertz CT molecular complexity index is 514. The SMILES string of the molecule is Fc1ccc(F)c(Nc2nc(Cl)ncc2Cl)c1. The molecule has 0 aliphatic heterocycles. The van der Waals surface area contributed by atoms with Crippen molar-refractivity contribution in [1.29, 1.82) is 0 Å². The predicted octanol–water partition coefficient (Wildman–Crippen LogP) is 3.81. The minimum atomic E-state index is -0.628. The Hall–Kier alpha value is -1.46. The first-order valence-corrected chi connectivity index (χ1v) is 5.22. The van der Waals surface area contributed by atoms with E-state index in [2.05, 4.69) is 15.3 Å². The fourth-order valence-electron chi connectivity index (χ4n) is 1.15. The second-order valence-electron chi connectivity index (χ2n) is 3.08. The highest BCUT2D eigenvalue weighted by atomic mass is 35.5. The van der Waals surface area contributed by atoms with Crippen molar-refractivity contribution in [3.05, 3.63) is 46.3 Å². The lowest BCUT2D eigenvalue weighted by Crippen LogP contribution is -1.99. The first-order valence-electron chi connectivity index (χ1n) is 4.46. The number of rotatable bonds is 2. The third-order valence-corrected chi connectivity index (χ3v) is 2.35. The van der Waals surface area contributed by atoms with Crippen LogP contribution in [0.2, 0.25) is 10.3 Å². The molecule has 1 heterocycles. The van der Waals surface area contributed by atoms with Gasteiger partial charge in [-0.05, 0) is 23.7 Å². The van der Waals surface area contributed by atoms with Crippen molar-refractivity contribution >= 4 is 34.7 Å². The highest BCUT2D eigenvalue weighted by molar-refractivity contribution is 6.33. The number of nitrogens with zero attached hydrogens (tertiary/aromatic N) is 2. The summed E-state index contributed by atoms with van der Waals surface area (Å²) in [6.45, 7) is 0. The van der Waals surface area contributed by atoms with E-state index in [1.807, 2.05) is 0 Å². The van der Waals surface area contributed by atoms with Crippen molar-refractivity contribution in [2.45, 2.75) is 0 Å². The van der Waals surface area contributed by atoms with Gasteiger partial charge < -0.3 is 5.32 Å². The first-order chi connectivity index (χ1) is 8.06. The summed E-state index contributed by atoms with van der Waals surface area (Å²) in [7, 11) is 0. The maximum absolute atomic E-state index is 13.3. The summed E-state index contributed by atoms with van der Waals surface area (Å²) in [5.41, 5.74) is -0.0818. The Labute approximate surface area is 105 Å². The largest absolute Gasteiger partial charge is 0.336 e. The molecule has 0 amide bonds. The van der Waals surface area contributed by atoms with Gasteiger partial charge in [-0.25, -0.2) is 13.8 Å². The van der Waals surface area contributed by atoms with Gasteiger partial charge in [-0.15, -0.1) is 0 Å². The summed E-state index contributed by atoms with van der Waals surface area (Å²) in [5, 5.41) is 2.64. The van der Waals surface area contributed by atoms with Crippen LogP contribution in [0.1, 0.15) is 0 Å². The fraction of sp³-hybridized carbons (Fsp3) is 0. The van der Waals surface area contributed by atoms with Gasteiger partial charge in [0.1, 0.15) is 16.7 Å². The lowest BCUT2D eigenvalue weighted by atomic mass is 10.3. The molecule has 2 aromatic rings.